The number of nitrogens with zero attached hydrogens (tertiary/aromatic N) is 1. The molecule has 1 atom stereocenters. The van der Waals surface area contributed by atoms with Crippen molar-refractivity contribution in [1.29, 1.82) is 0 Å². The van der Waals surface area contributed by atoms with Crippen molar-refractivity contribution in [1.82, 2.24) is 9.03 Å². The normalized spacial score (nSPS) is 13.7. The van der Waals surface area contributed by atoms with Gasteiger partial charge in [-0.2, -0.15) is 17.4 Å². The molecule has 0 fully saturated rings. The lowest BCUT2D eigenvalue weighted by molar-refractivity contribution is 0.428. The van der Waals surface area contributed by atoms with E-state index in [0.717, 1.165) is 5.56 Å². The fourth-order valence-corrected chi connectivity index (χ4v) is 3.90. The van der Waals surface area contributed by atoms with E-state index >= 15 is 0 Å². The first kappa shape index (κ1) is 16.6. The summed E-state index contributed by atoms with van der Waals surface area (Å²) in [5.74, 6) is 0. The van der Waals surface area contributed by atoms with Crippen LogP contribution in [0.3, 0.4) is 0 Å². The fourth-order valence-electron chi connectivity index (χ4n) is 1.88. The predicted octanol–water partition coefficient (Wildman–Crippen LogP) is 2.17. The van der Waals surface area contributed by atoms with Crippen molar-refractivity contribution in [3.8, 4) is 0 Å². The zero-order valence-electron chi connectivity index (χ0n) is 11.3. The molecule has 1 rings (SSSR count). The zero-order chi connectivity index (χ0) is 14.3. The van der Waals surface area contributed by atoms with E-state index in [1.807, 2.05) is 44.2 Å². The van der Waals surface area contributed by atoms with E-state index in [1.54, 1.807) is 0 Å². The molecule has 0 spiro atoms. The molecule has 0 bridgehead atoms. The molecule has 6 heteroatoms. The quantitative estimate of drug-likeness (QED) is 0.732. The molecule has 0 aliphatic rings. The van der Waals surface area contributed by atoms with Crippen LogP contribution in [-0.4, -0.2) is 37.2 Å². The zero-order valence-corrected chi connectivity index (χ0v) is 13.7. The van der Waals surface area contributed by atoms with Gasteiger partial charge in [0.25, 0.3) is 10.2 Å². The van der Waals surface area contributed by atoms with Gasteiger partial charge in [0.1, 0.15) is 0 Å². The highest BCUT2D eigenvalue weighted by atomic mass is 79.9. The van der Waals surface area contributed by atoms with Crippen LogP contribution >= 0.6 is 15.9 Å². The van der Waals surface area contributed by atoms with Crippen LogP contribution < -0.4 is 4.72 Å². The summed E-state index contributed by atoms with van der Waals surface area (Å²) in [6.07, 6.45) is 0.673. The number of benzene rings is 1. The van der Waals surface area contributed by atoms with Gasteiger partial charge in [0, 0.05) is 24.5 Å². The maximum Gasteiger partial charge on any atom is 0.279 e. The van der Waals surface area contributed by atoms with E-state index in [0.29, 0.717) is 24.8 Å². The molecule has 0 saturated heterocycles. The Morgan fingerprint density at radius 3 is 2.26 bits per heavy atom. The second-order valence-electron chi connectivity index (χ2n) is 4.25. The molecule has 0 saturated carbocycles. The molecule has 1 aromatic carbocycles. The Labute approximate surface area is 124 Å². The maximum atomic E-state index is 12.1. The van der Waals surface area contributed by atoms with Crippen LogP contribution in [0.15, 0.2) is 30.3 Å². The molecule has 0 heterocycles. The minimum atomic E-state index is -3.40. The van der Waals surface area contributed by atoms with Gasteiger partial charge in [-0.15, -0.1) is 0 Å². The fraction of sp³-hybridized carbons (Fsp3) is 0.538. The molecule has 0 amide bonds. The Morgan fingerprint density at radius 2 is 1.79 bits per heavy atom. The molecule has 19 heavy (non-hydrogen) atoms. The molecule has 1 unspecified atom stereocenters. The van der Waals surface area contributed by atoms with Crippen LogP contribution in [0.4, 0.5) is 0 Å². The van der Waals surface area contributed by atoms with E-state index in [-0.39, 0.29) is 6.04 Å². The van der Waals surface area contributed by atoms with Gasteiger partial charge in [-0.1, -0.05) is 60.1 Å². The van der Waals surface area contributed by atoms with Crippen molar-refractivity contribution in [2.75, 3.05) is 18.4 Å². The van der Waals surface area contributed by atoms with Crippen molar-refractivity contribution in [2.24, 2.45) is 0 Å². The SMILES string of the molecule is CCN(CC)S(=O)(=O)NC(CBr)Cc1ccccc1. The standard InChI is InChI=1S/C13H21BrN2O2S/c1-3-16(4-2)19(17,18)15-13(11-14)10-12-8-6-5-7-9-12/h5-9,13,15H,3-4,10-11H2,1-2H3. The first-order chi connectivity index (χ1) is 9.03. The van der Waals surface area contributed by atoms with E-state index in [4.69, 9.17) is 0 Å². The lowest BCUT2D eigenvalue weighted by Gasteiger charge is -2.23. The second kappa shape index (κ2) is 7.99. The average Bonchev–Trinajstić information content (AvgIpc) is 2.40. The van der Waals surface area contributed by atoms with Gasteiger partial charge in [-0.05, 0) is 12.0 Å². The first-order valence-corrected chi connectivity index (χ1v) is 8.96. The van der Waals surface area contributed by atoms with Crippen LogP contribution in [0, 0.1) is 0 Å². The van der Waals surface area contributed by atoms with Crippen LogP contribution in [0.1, 0.15) is 19.4 Å². The number of alkyl halides is 1. The summed E-state index contributed by atoms with van der Waals surface area (Å²) in [6, 6.07) is 9.72. The van der Waals surface area contributed by atoms with E-state index < -0.39 is 10.2 Å². The smallest absolute Gasteiger partial charge is 0.198 e. The summed E-state index contributed by atoms with van der Waals surface area (Å²) >= 11 is 3.37. The summed E-state index contributed by atoms with van der Waals surface area (Å²) in [5, 5.41) is 0.586. The maximum absolute atomic E-state index is 12.1. The van der Waals surface area contributed by atoms with Crippen molar-refractivity contribution in [2.45, 2.75) is 26.3 Å². The Hall–Kier alpha value is -0.430. The summed E-state index contributed by atoms with van der Waals surface area (Å²) in [6.45, 7) is 4.63. The van der Waals surface area contributed by atoms with Crippen molar-refractivity contribution >= 4 is 26.1 Å². The van der Waals surface area contributed by atoms with Gasteiger partial charge in [-0.3, -0.25) is 0 Å². The largest absolute Gasteiger partial charge is 0.279 e. The topological polar surface area (TPSA) is 49.4 Å². The third-order valence-electron chi connectivity index (χ3n) is 2.87. The number of hydrogen-bond donors (Lipinski definition) is 1. The van der Waals surface area contributed by atoms with Gasteiger partial charge >= 0.3 is 0 Å². The third kappa shape index (κ3) is 5.22. The highest BCUT2D eigenvalue weighted by molar-refractivity contribution is 9.09. The average molecular weight is 349 g/mol. The molecular formula is C13H21BrN2O2S. The van der Waals surface area contributed by atoms with E-state index in [9.17, 15) is 8.42 Å². The molecular weight excluding hydrogens is 328 g/mol. The summed E-state index contributed by atoms with van der Waals surface area (Å²) < 4.78 is 28.5. The minimum absolute atomic E-state index is 0.145. The lowest BCUT2D eigenvalue weighted by atomic mass is 10.1. The monoisotopic (exact) mass is 348 g/mol. The molecule has 0 aliphatic heterocycles. The van der Waals surface area contributed by atoms with E-state index in [2.05, 4.69) is 20.7 Å². The van der Waals surface area contributed by atoms with Gasteiger partial charge in [0.15, 0.2) is 0 Å². The van der Waals surface area contributed by atoms with Crippen LogP contribution in [0.2, 0.25) is 0 Å². The van der Waals surface area contributed by atoms with Gasteiger partial charge < -0.3 is 0 Å². The molecule has 108 valence electrons. The molecule has 1 N–H and O–H groups in total. The van der Waals surface area contributed by atoms with Crippen molar-refractivity contribution < 1.29 is 8.42 Å². The second-order valence-corrected chi connectivity index (χ2v) is 6.60. The molecule has 1 aromatic rings. The highest BCUT2D eigenvalue weighted by Crippen LogP contribution is 2.08. The highest BCUT2D eigenvalue weighted by Gasteiger charge is 2.22. The van der Waals surface area contributed by atoms with Gasteiger partial charge in [0.05, 0.1) is 0 Å². The molecule has 0 aliphatic carbocycles. The van der Waals surface area contributed by atoms with Crippen molar-refractivity contribution in [3.63, 3.8) is 0 Å². The molecule has 4 nitrogen and oxygen atoms in total. The third-order valence-corrected chi connectivity index (χ3v) is 5.48. The Balaban J connectivity index is 2.72. The Bertz CT molecular complexity index is 461. The lowest BCUT2D eigenvalue weighted by Crippen LogP contribution is -2.46. The number of nitrogens with one attached hydrogen (secondary N) is 1. The van der Waals surface area contributed by atoms with Crippen LogP contribution in [0.5, 0.6) is 0 Å². The Morgan fingerprint density at radius 1 is 1.21 bits per heavy atom. The minimum Gasteiger partial charge on any atom is -0.198 e. The number of rotatable bonds is 8. The van der Waals surface area contributed by atoms with Crippen LogP contribution in [-0.2, 0) is 16.6 Å². The van der Waals surface area contributed by atoms with Gasteiger partial charge in [-0.25, -0.2) is 0 Å². The predicted molar refractivity (Wildman–Crippen MR) is 82.7 cm³/mol. The first-order valence-electron chi connectivity index (χ1n) is 6.40. The van der Waals surface area contributed by atoms with Crippen LogP contribution in [0.25, 0.3) is 0 Å². The van der Waals surface area contributed by atoms with E-state index in [1.165, 1.54) is 4.31 Å². The number of hydrogen-bond acceptors (Lipinski definition) is 2. The summed E-state index contributed by atoms with van der Waals surface area (Å²) in [4.78, 5) is 0. The summed E-state index contributed by atoms with van der Waals surface area (Å²) in [5.41, 5.74) is 1.12. The summed E-state index contributed by atoms with van der Waals surface area (Å²) in [7, 11) is -3.40. The Kier molecular flexibility index (Phi) is 6.99. The van der Waals surface area contributed by atoms with Gasteiger partial charge in [0.2, 0.25) is 0 Å². The molecule has 0 radical (unpaired) electrons. The van der Waals surface area contributed by atoms with Crippen molar-refractivity contribution in [3.05, 3.63) is 35.9 Å². The molecule has 0 aromatic heterocycles. The number of halogens is 1.